The molecule has 1 atom stereocenters. The molecule has 1 aromatic heterocycles. The zero-order chi connectivity index (χ0) is 14.7. The standard InChI is InChI=1S/C17H17N3S/c1-21-16-10-6-5-9-14(16)17(18)15-11-12-19-20(15)13-7-3-2-4-8-13/h2-12,17H,18H2,1H3. The van der Waals surface area contributed by atoms with Crippen LogP contribution < -0.4 is 5.73 Å². The van der Waals surface area contributed by atoms with Crippen molar-refractivity contribution >= 4 is 11.8 Å². The highest BCUT2D eigenvalue weighted by Gasteiger charge is 2.17. The van der Waals surface area contributed by atoms with Crippen LogP contribution in [0.5, 0.6) is 0 Å². The van der Waals surface area contributed by atoms with E-state index < -0.39 is 0 Å². The summed E-state index contributed by atoms with van der Waals surface area (Å²) < 4.78 is 1.90. The van der Waals surface area contributed by atoms with E-state index >= 15 is 0 Å². The fourth-order valence-corrected chi connectivity index (χ4v) is 3.06. The number of nitrogens with zero attached hydrogens (tertiary/aromatic N) is 2. The molecule has 0 saturated heterocycles. The summed E-state index contributed by atoms with van der Waals surface area (Å²) >= 11 is 1.71. The van der Waals surface area contributed by atoms with Crippen molar-refractivity contribution in [1.29, 1.82) is 0 Å². The predicted molar refractivity (Wildman–Crippen MR) is 87.8 cm³/mol. The topological polar surface area (TPSA) is 43.8 Å². The third-order valence-corrected chi connectivity index (χ3v) is 4.28. The molecule has 0 amide bonds. The van der Waals surface area contributed by atoms with Crippen LogP contribution in [0.1, 0.15) is 17.3 Å². The monoisotopic (exact) mass is 295 g/mol. The van der Waals surface area contributed by atoms with Crippen molar-refractivity contribution in [3.8, 4) is 5.69 Å². The van der Waals surface area contributed by atoms with Gasteiger partial charge in [0.1, 0.15) is 0 Å². The number of hydrogen-bond donors (Lipinski definition) is 1. The van der Waals surface area contributed by atoms with E-state index in [2.05, 4.69) is 23.5 Å². The van der Waals surface area contributed by atoms with Crippen LogP contribution in [0.4, 0.5) is 0 Å². The van der Waals surface area contributed by atoms with Crippen LogP contribution >= 0.6 is 11.8 Å². The van der Waals surface area contributed by atoms with Crippen LogP contribution in [-0.4, -0.2) is 16.0 Å². The molecule has 1 heterocycles. The van der Waals surface area contributed by atoms with Crippen molar-refractivity contribution < 1.29 is 0 Å². The molecule has 0 bridgehead atoms. The van der Waals surface area contributed by atoms with Gasteiger partial charge in [0, 0.05) is 11.1 Å². The number of para-hydroxylation sites is 1. The molecule has 1 unspecified atom stereocenters. The largest absolute Gasteiger partial charge is 0.319 e. The second kappa shape index (κ2) is 6.16. The quantitative estimate of drug-likeness (QED) is 0.747. The first kappa shape index (κ1) is 13.9. The third kappa shape index (κ3) is 2.73. The van der Waals surface area contributed by atoms with E-state index in [1.807, 2.05) is 53.2 Å². The average molecular weight is 295 g/mol. The molecule has 2 aromatic carbocycles. The molecule has 106 valence electrons. The smallest absolute Gasteiger partial charge is 0.0738 e. The Hall–Kier alpha value is -2.04. The highest BCUT2D eigenvalue weighted by Crippen LogP contribution is 2.29. The summed E-state index contributed by atoms with van der Waals surface area (Å²) in [6, 6.07) is 20.1. The van der Waals surface area contributed by atoms with Crippen LogP contribution in [0.25, 0.3) is 5.69 Å². The van der Waals surface area contributed by atoms with Gasteiger partial charge in [-0.2, -0.15) is 5.10 Å². The number of rotatable bonds is 4. The zero-order valence-electron chi connectivity index (χ0n) is 11.8. The Labute approximate surface area is 128 Å². The highest BCUT2D eigenvalue weighted by atomic mass is 32.2. The van der Waals surface area contributed by atoms with Crippen molar-refractivity contribution in [2.75, 3.05) is 6.26 Å². The van der Waals surface area contributed by atoms with Gasteiger partial charge in [-0.25, -0.2) is 4.68 Å². The first-order chi connectivity index (χ1) is 10.3. The van der Waals surface area contributed by atoms with E-state index in [1.165, 1.54) is 4.90 Å². The van der Waals surface area contributed by atoms with Gasteiger partial charge in [0.15, 0.2) is 0 Å². The van der Waals surface area contributed by atoms with Crippen molar-refractivity contribution in [3.63, 3.8) is 0 Å². The maximum absolute atomic E-state index is 6.50. The summed E-state index contributed by atoms with van der Waals surface area (Å²) in [6.07, 6.45) is 3.87. The molecular weight excluding hydrogens is 278 g/mol. The van der Waals surface area contributed by atoms with E-state index in [-0.39, 0.29) is 6.04 Å². The molecule has 2 N–H and O–H groups in total. The van der Waals surface area contributed by atoms with Gasteiger partial charge in [0.2, 0.25) is 0 Å². The Kier molecular flexibility index (Phi) is 4.08. The maximum atomic E-state index is 6.50. The van der Waals surface area contributed by atoms with Gasteiger partial charge in [-0.1, -0.05) is 36.4 Å². The molecule has 0 spiro atoms. The molecule has 0 aliphatic carbocycles. The third-order valence-electron chi connectivity index (χ3n) is 3.47. The zero-order valence-corrected chi connectivity index (χ0v) is 12.6. The highest BCUT2D eigenvalue weighted by molar-refractivity contribution is 7.98. The number of benzene rings is 2. The first-order valence-electron chi connectivity index (χ1n) is 6.79. The van der Waals surface area contributed by atoms with Crippen molar-refractivity contribution in [2.45, 2.75) is 10.9 Å². The SMILES string of the molecule is CSc1ccccc1C(N)c1ccnn1-c1ccccc1. The van der Waals surface area contributed by atoms with Crippen LogP contribution in [0.3, 0.4) is 0 Å². The fourth-order valence-electron chi connectivity index (χ4n) is 2.42. The molecule has 3 rings (SSSR count). The molecule has 0 aliphatic rings. The fraction of sp³-hybridized carbons (Fsp3) is 0.118. The minimum absolute atomic E-state index is 0.198. The Bertz CT molecular complexity index is 722. The summed E-state index contributed by atoms with van der Waals surface area (Å²) in [5, 5.41) is 4.42. The average Bonchev–Trinajstić information content (AvgIpc) is 3.04. The molecule has 3 aromatic rings. The second-order valence-electron chi connectivity index (χ2n) is 4.72. The van der Waals surface area contributed by atoms with Gasteiger partial charge >= 0.3 is 0 Å². The van der Waals surface area contributed by atoms with E-state index in [4.69, 9.17) is 5.73 Å². The summed E-state index contributed by atoms with van der Waals surface area (Å²) in [5.41, 5.74) is 9.64. The number of thioether (sulfide) groups is 1. The Morgan fingerprint density at radius 3 is 2.48 bits per heavy atom. The number of aromatic nitrogens is 2. The lowest BCUT2D eigenvalue weighted by molar-refractivity contribution is 0.730. The normalized spacial score (nSPS) is 12.3. The van der Waals surface area contributed by atoms with E-state index in [0.29, 0.717) is 0 Å². The molecular formula is C17H17N3S. The Balaban J connectivity index is 2.04. The summed E-state index contributed by atoms with van der Waals surface area (Å²) in [7, 11) is 0. The molecule has 0 fully saturated rings. The molecule has 0 saturated carbocycles. The number of hydrogen-bond acceptors (Lipinski definition) is 3. The number of nitrogens with two attached hydrogens (primary N) is 1. The van der Waals surface area contributed by atoms with Gasteiger partial charge in [-0.3, -0.25) is 0 Å². The molecule has 3 nitrogen and oxygen atoms in total. The van der Waals surface area contributed by atoms with Gasteiger partial charge in [-0.05, 0) is 36.1 Å². The van der Waals surface area contributed by atoms with Crippen molar-refractivity contribution in [1.82, 2.24) is 9.78 Å². The van der Waals surface area contributed by atoms with E-state index in [9.17, 15) is 0 Å². The minimum Gasteiger partial charge on any atom is -0.319 e. The first-order valence-corrected chi connectivity index (χ1v) is 8.01. The molecule has 0 radical (unpaired) electrons. The van der Waals surface area contributed by atoms with Crippen LogP contribution in [0, 0.1) is 0 Å². The van der Waals surface area contributed by atoms with Crippen LogP contribution in [0.2, 0.25) is 0 Å². The van der Waals surface area contributed by atoms with Crippen molar-refractivity contribution in [2.24, 2.45) is 5.73 Å². The molecule has 0 aliphatic heterocycles. The van der Waals surface area contributed by atoms with E-state index in [0.717, 1.165) is 16.9 Å². The van der Waals surface area contributed by atoms with Gasteiger partial charge in [-0.15, -0.1) is 11.8 Å². The minimum atomic E-state index is -0.198. The van der Waals surface area contributed by atoms with Crippen LogP contribution in [0.15, 0.2) is 71.8 Å². The van der Waals surface area contributed by atoms with Crippen LogP contribution in [-0.2, 0) is 0 Å². The second-order valence-corrected chi connectivity index (χ2v) is 5.57. The Morgan fingerprint density at radius 1 is 1.00 bits per heavy atom. The van der Waals surface area contributed by atoms with E-state index in [1.54, 1.807) is 18.0 Å². The maximum Gasteiger partial charge on any atom is 0.0738 e. The van der Waals surface area contributed by atoms with Gasteiger partial charge in [0.25, 0.3) is 0 Å². The lowest BCUT2D eigenvalue weighted by Gasteiger charge is -2.17. The van der Waals surface area contributed by atoms with Crippen molar-refractivity contribution in [3.05, 3.63) is 78.1 Å². The van der Waals surface area contributed by atoms with Gasteiger partial charge < -0.3 is 5.73 Å². The predicted octanol–water partition coefficient (Wildman–Crippen LogP) is 3.64. The molecule has 21 heavy (non-hydrogen) atoms. The lowest BCUT2D eigenvalue weighted by atomic mass is 10.0. The summed E-state index contributed by atoms with van der Waals surface area (Å²) in [4.78, 5) is 1.20. The summed E-state index contributed by atoms with van der Waals surface area (Å²) in [6.45, 7) is 0. The summed E-state index contributed by atoms with van der Waals surface area (Å²) in [5.74, 6) is 0. The molecule has 4 heteroatoms. The lowest BCUT2D eigenvalue weighted by Crippen LogP contribution is -2.17. The van der Waals surface area contributed by atoms with Gasteiger partial charge in [0.05, 0.1) is 17.4 Å². The Morgan fingerprint density at radius 2 is 1.71 bits per heavy atom.